The number of hydrogen-bond donors (Lipinski definition) is 2. The van der Waals surface area contributed by atoms with Gasteiger partial charge in [0.05, 0.1) is 12.4 Å². The van der Waals surface area contributed by atoms with Crippen molar-refractivity contribution in [3.63, 3.8) is 0 Å². The van der Waals surface area contributed by atoms with Crippen molar-refractivity contribution in [3.8, 4) is 11.5 Å². The number of nitrogens with one attached hydrogen (secondary N) is 1. The minimum atomic E-state index is 0.225. The molecule has 0 bridgehead atoms. The number of nitrogens with zero attached hydrogens (tertiary/aromatic N) is 2. The first-order chi connectivity index (χ1) is 9.72. The molecule has 0 saturated heterocycles. The number of benzene rings is 1. The normalized spacial score (nSPS) is 12.8. The maximum absolute atomic E-state index is 5.52. The number of hydrogen-bond acceptors (Lipinski definition) is 6. The quantitative estimate of drug-likeness (QED) is 0.830. The van der Waals surface area contributed by atoms with E-state index in [1.54, 1.807) is 6.20 Å². The van der Waals surface area contributed by atoms with Crippen LogP contribution in [0.3, 0.4) is 0 Å². The van der Waals surface area contributed by atoms with Crippen molar-refractivity contribution in [3.05, 3.63) is 36.3 Å². The van der Waals surface area contributed by atoms with Crippen LogP contribution in [0, 0.1) is 0 Å². The van der Waals surface area contributed by atoms with E-state index in [1.807, 2.05) is 18.2 Å². The Kier molecular flexibility index (Phi) is 3.34. The zero-order valence-electron chi connectivity index (χ0n) is 10.5. The molecule has 1 aromatic carbocycles. The number of fused-ring (bicyclic) bond motifs is 1. The molecule has 2 aromatic rings. The Morgan fingerprint density at radius 1 is 1.15 bits per heavy atom. The van der Waals surface area contributed by atoms with Crippen LogP contribution in [0.2, 0.25) is 0 Å². The van der Waals surface area contributed by atoms with Gasteiger partial charge in [0.1, 0.15) is 29.7 Å². The first-order valence-electron chi connectivity index (χ1n) is 6.01. The van der Waals surface area contributed by atoms with Gasteiger partial charge in [-0.25, -0.2) is 9.97 Å². The molecule has 7 heteroatoms. The van der Waals surface area contributed by atoms with Gasteiger partial charge in [0.2, 0.25) is 0 Å². The molecule has 1 aromatic heterocycles. The smallest absolute Gasteiger partial charge is 0.163 e. The van der Waals surface area contributed by atoms with Crippen molar-refractivity contribution >= 4 is 28.7 Å². The fourth-order valence-electron chi connectivity index (χ4n) is 1.79. The molecule has 0 fully saturated rings. The zero-order valence-corrected chi connectivity index (χ0v) is 11.3. The Balaban J connectivity index is 1.78. The van der Waals surface area contributed by atoms with Gasteiger partial charge in [-0.3, -0.25) is 0 Å². The highest BCUT2D eigenvalue weighted by molar-refractivity contribution is 7.80. The van der Waals surface area contributed by atoms with Crippen LogP contribution in [0.25, 0.3) is 0 Å². The highest BCUT2D eigenvalue weighted by Gasteiger charge is 2.11. The third-order valence-electron chi connectivity index (χ3n) is 2.72. The van der Waals surface area contributed by atoms with Crippen LogP contribution in [-0.2, 0) is 0 Å². The van der Waals surface area contributed by atoms with E-state index in [2.05, 4.69) is 15.3 Å². The van der Waals surface area contributed by atoms with E-state index in [4.69, 9.17) is 27.4 Å². The van der Waals surface area contributed by atoms with Crippen molar-refractivity contribution in [1.82, 2.24) is 9.97 Å². The molecular weight excluding hydrogens is 276 g/mol. The van der Waals surface area contributed by atoms with E-state index in [1.165, 1.54) is 6.20 Å². The maximum Gasteiger partial charge on any atom is 0.163 e. The summed E-state index contributed by atoms with van der Waals surface area (Å²) >= 11 is 4.83. The fraction of sp³-hybridized carbons (Fsp3) is 0.154. The van der Waals surface area contributed by atoms with Crippen LogP contribution >= 0.6 is 12.2 Å². The van der Waals surface area contributed by atoms with Gasteiger partial charge in [0.25, 0.3) is 0 Å². The molecule has 0 aliphatic carbocycles. The van der Waals surface area contributed by atoms with Gasteiger partial charge in [-0.2, -0.15) is 0 Å². The average Bonchev–Trinajstić information content (AvgIpc) is 2.48. The molecule has 0 saturated carbocycles. The summed E-state index contributed by atoms with van der Waals surface area (Å²) < 4.78 is 11.0. The lowest BCUT2D eigenvalue weighted by Crippen LogP contribution is -2.15. The fourth-order valence-corrected chi connectivity index (χ4v) is 1.89. The van der Waals surface area contributed by atoms with Crippen molar-refractivity contribution in [2.24, 2.45) is 5.73 Å². The second kappa shape index (κ2) is 5.30. The molecule has 0 radical (unpaired) electrons. The first kappa shape index (κ1) is 12.6. The molecule has 3 rings (SSSR count). The summed E-state index contributed by atoms with van der Waals surface area (Å²) in [5.41, 5.74) is 6.80. The van der Waals surface area contributed by atoms with Crippen molar-refractivity contribution in [1.29, 1.82) is 0 Å². The summed E-state index contributed by atoms with van der Waals surface area (Å²) in [7, 11) is 0. The summed E-state index contributed by atoms with van der Waals surface area (Å²) in [5, 5.41) is 3.13. The average molecular weight is 288 g/mol. The highest BCUT2D eigenvalue weighted by Crippen LogP contribution is 2.33. The maximum atomic E-state index is 5.52. The Bertz CT molecular complexity index is 645. The minimum absolute atomic E-state index is 0.225. The predicted molar refractivity (Wildman–Crippen MR) is 78.6 cm³/mol. The molecule has 0 amide bonds. The molecule has 6 nitrogen and oxygen atoms in total. The van der Waals surface area contributed by atoms with Crippen LogP contribution in [-0.4, -0.2) is 28.2 Å². The first-order valence-corrected chi connectivity index (χ1v) is 6.42. The van der Waals surface area contributed by atoms with E-state index in [0.29, 0.717) is 30.5 Å². The van der Waals surface area contributed by atoms with Gasteiger partial charge >= 0.3 is 0 Å². The number of nitrogens with two attached hydrogens (primary N) is 1. The van der Waals surface area contributed by atoms with Crippen LogP contribution in [0.4, 0.5) is 11.5 Å². The second-order valence-electron chi connectivity index (χ2n) is 4.13. The molecule has 0 atom stereocenters. The summed E-state index contributed by atoms with van der Waals surface area (Å²) in [5.74, 6) is 2.06. The van der Waals surface area contributed by atoms with Crippen molar-refractivity contribution < 1.29 is 9.47 Å². The monoisotopic (exact) mass is 288 g/mol. The SMILES string of the molecule is NC(=S)c1cnc(Nc2ccc3c(c2)OCCO3)cn1. The van der Waals surface area contributed by atoms with Crippen LogP contribution in [0.5, 0.6) is 11.5 Å². The summed E-state index contributed by atoms with van der Waals surface area (Å²) in [6.07, 6.45) is 3.11. The lowest BCUT2D eigenvalue weighted by atomic mass is 10.2. The third kappa shape index (κ3) is 2.62. The van der Waals surface area contributed by atoms with Gasteiger partial charge in [-0.15, -0.1) is 0 Å². The topological polar surface area (TPSA) is 82.3 Å². The standard InChI is InChI=1S/C13H12N4O2S/c14-13(20)9-6-16-12(7-15-9)17-8-1-2-10-11(5-8)19-4-3-18-10/h1-2,5-7H,3-4H2,(H2,14,20)(H,16,17). The Hall–Kier alpha value is -2.41. The summed E-state index contributed by atoms with van der Waals surface area (Å²) in [4.78, 5) is 8.53. The Labute approximate surface area is 120 Å². The molecule has 102 valence electrons. The van der Waals surface area contributed by atoms with Crippen molar-refractivity contribution in [2.75, 3.05) is 18.5 Å². The molecule has 1 aliphatic rings. The second-order valence-corrected chi connectivity index (χ2v) is 4.57. The molecule has 0 spiro atoms. The van der Waals surface area contributed by atoms with Crippen LogP contribution < -0.4 is 20.5 Å². The van der Waals surface area contributed by atoms with Crippen LogP contribution in [0.1, 0.15) is 5.69 Å². The van der Waals surface area contributed by atoms with Crippen molar-refractivity contribution in [2.45, 2.75) is 0 Å². The van der Waals surface area contributed by atoms with Gasteiger partial charge in [-0.05, 0) is 12.1 Å². The molecule has 0 unspecified atom stereocenters. The van der Waals surface area contributed by atoms with Gasteiger partial charge in [0, 0.05) is 11.8 Å². The highest BCUT2D eigenvalue weighted by atomic mass is 32.1. The molecule has 1 aliphatic heterocycles. The van der Waals surface area contributed by atoms with Crippen LogP contribution in [0.15, 0.2) is 30.6 Å². The van der Waals surface area contributed by atoms with E-state index >= 15 is 0 Å². The third-order valence-corrected chi connectivity index (χ3v) is 2.93. The molecular formula is C13H12N4O2S. The number of aromatic nitrogens is 2. The van der Waals surface area contributed by atoms with Gasteiger partial charge in [-0.1, -0.05) is 12.2 Å². The number of ether oxygens (including phenoxy) is 2. The van der Waals surface area contributed by atoms with E-state index in [9.17, 15) is 0 Å². The zero-order chi connectivity index (χ0) is 13.9. The summed E-state index contributed by atoms with van der Waals surface area (Å²) in [6, 6.07) is 5.60. The Morgan fingerprint density at radius 2 is 1.95 bits per heavy atom. The van der Waals surface area contributed by atoms with Gasteiger partial charge in [0.15, 0.2) is 11.5 Å². The predicted octanol–water partition coefficient (Wildman–Crippen LogP) is 1.63. The Morgan fingerprint density at radius 3 is 2.65 bits per heavy atom. The lowest BCUT2D eigenvalue weighted by Gasteiger charge is -2.19. The van der Waals surface area contributed by atoms with E-state index in [-0.39, 0.29) is 4.99 Å². The number of rotatable bonds is 3. The minimum Gasteiger partial charge on any atom is -0.486 e. The lowest BCUT2D eigenvalue weighted by molar-refractivity contribution is 0.171. The summed E-state index contributed by atoms with van der Waals surface area (Å²) in [6.45, 7) is 1.13. The number of thiocarbonyl (C=S) groups is 1. The largest absolute Gasteiger partial charge is 0.486 e. The van der Waals surface area contributed by atoms with E-state index in [0.717, 1.165) is 11.4 Å². The molecule has 2 heterocycles. The van der Waals surface area contributed by atoms with E-state index < -0.39 is 0 Å². The number of anilines is 2. The molecule has 3 N–H and O–H groups in total. The van der Waals surface area contributed by atoms with Gasteiger partial charge < -0.3 is 20.5 Å². The molecule has 20 heavy (non-hydrogen) atoms.